The van der Waals surface area contributed by atoms with Gasteiger partial charge in [0, 0.05) is 13.3 Å². The lowest BCUT2D eigenvalue weighted by Gasteiger charge is -2.18. The molecule has 0 bridgehead atoms. The van der Waals surface area contributed by atoms with E-state index in [0.29, 0.717) is 13.0 Å². The van der Waals surface area contributed by atoms with Crippen LogP contribution in [0.4, 0.5) is 0 Å². The number of ether oxygens (including phenoxy) is 2. The van der Waals surface area contributed by atoms with Crippen molar-refractivity contribution >= 4 is 11.9 Å². The van der Waals surface area contributed by atoms with E-state index in [-0.39, 0.29) is 18.3 Å². The Morgan fingerprint density at radius 1 is 1.04 bits per heavy atom. The van der Waals surface area contributed by atoms with Crippen molar-refractivity contribution in [3.63, 3.8) is 0 Å². The van der Waals surface area contributed by atoms with Crippen LogP contribution in [0.2, 0.25) is 0 Å². The van der Waals surface area contributed by atoms with Crippen molar-refractivity contribution in [2.45, 2.75) is 25.8 Å². The topological polar surface area (TPSA) is 64.6 Å². The normalized spacial score (nSPS) is 11.4. The van der Waals surface area contributed by atoms with Gasteiger partial charge < -0.3 is 14.8 Å². The number of hydrogen-bond acceptors (Lipinski definition) is 4. The minimum atomic E-state index is -0.423. The van der Waals surface area contributed by atoms with Gasteiger partial charge in [0.05, 0.1) is 26.2 Å². The molecule has 25 heavy (non-hydrogen) atoms. The summed E-state index contributed by atoms with van der Waals surface area (Å²) >= 11 is 0. The van der Waals surface area contributed by atoms with E-state index in [4.69, 9.17) is 9.47 Å². The van der Waals surface area contributed by atoms with Gasteiger partial charge in [-0.15, -0.1) is 0 Å². The highest BCUT2D eigenvalue weighted by Crippen LogP contribution is 2.21. The van der Waals surface area contributed by atoms with E-state index in [1.54, 1.807) is 19.2 Å². The van der Waals surface area contributed by atoms with Crippen LogP contribution in [-0.4, -0.2) is 25.6 Å². The third-order valence-electron chi connectivity index (χ3n) is 3.76. The molecule has 0 aliphatic rings. The molecule has 0 fully saturated rings. The maximum atomic E-state index is 12.1. The zero-order valence-electron chi connectivity index (χ0n) is 14.5. The second-order valence-electron chi connectivity index (χ2n) is 5.69. The number of carbonyl (C=O) groups excluding carboxylic acids is 2. The number of carbonyl (C=O) groups is 2. The van der Waals surface area contributed by atoms with Gasteiger partial charge in [0.1, 0.15) is 5.75 Å². The molecule has 1 amide bonds. The minimum Gasteiger partial charge on any atom is -0.497 e. The molecule has 0 radical (unpaired) electrons. The summed E-state index contributed by atoms with van der Waals surface area (Å²) in [6.45, 7) is 1.75. The average Bonchev–Trinajstić information content (AvgIpc) is 2.62. The summed E-state index contributed by atoms with van der Waals surface area (Å²) in [7, 11) is 1.59. The van der Waals surface area contributed by atoms with Crippen LogP contribution in [0.1, 0.15) is 30.5 Å². The molecule has 1 unspecified atom stereocenters. The van der Waals surface area contributed by atoms with E-state index in [1.165, 1.54) is 6.92 Å². The Labute approximate surface area is 148 Å². The van der Waals surface area contributed by atoms with Gasteiger partial charge in [0.2, 0.25) is 5.91 Å². The van der Waals surface area contributed by atoms with Gasteiger partial charge >= 0.3 is 5.97 Å². The summed E-state index contributed by atoms with van der Waals surface area (Å²) in [5.41, 5.74) is 1.94. The van der Waals surface area contributed by atoms with Crippen molar-refractivity contribution in [2.75, 3.05) is 13.7 Å². The Morgan fingerprint density at radius 2 is 1.72 bits per heavy atom. The summed E-state index contributed by atoms with van der Waals surface area (Å²) in [5.74, 6) is 0.180. The zero-order chi connectivity index (χ0) is 18.1. The third kappa shape index (κ3) is 6.30. The molecule has 1 N–H and O–H groups in total. The fourth-order valence-corrected chi connectivity index (χ4v) is 2.49. The standard InChI is InChI=1S/C20H23NO4/c1-15(22)21-19(17-8-10-18(24-2)11-9-17)14-20(23)25-13-12-16-6-4-3-5-7-16/h3-11,19H,12-14H2,1-2H3,(H,21,22). The molecular weight excluding hydrogens is 318 g/mol. The molecule has 2 aromatic rings. The van der Waals surface area contributed by atoms with Gasteiger partial charge in [-0.25, -0.2) is 0 Å². The average molecular weight is 341 g/mol. The molecular formula is C20H23NO4. The maximum Gasteiger partial charge on any atom is 0.308 e. The van der Waals surface area contributed by atoms with E-state index < -0.39 is 6.04 Å². The number of benzene rings is 2. The minimum absolute atomic E-state index is 0.0840. The van der Waals surface area contributed by atoms with E-state index in [9.17, 15) is 9.59 Å². The van der Waals surface area contributed by atoms with Crippen LogP contribution >= 0.6 is 0 Å². The van der Waals surface area contributed by atoms with Crippen LogP contribution in [-0.2, 0) is 20.7 Å². The lowest BCUT2D eigenvalue weighted by atomic mass is 10.0. The molecule has 2 aromatic carbocycles. The number of rotatable bonds is 8. The van der Waals surface area contributed by atoms with E-state index >= 15 is 0 Å². The SMILES string of the molecule is COc1ccc(C(CC(=O)OCCc2ccccc2)NC(C)=O)cc1. The molecule has 0 saturated carbocycles. The highest BCUT2D eigenvalue weighted by Gasteiger charge is 2.18. The predicted octanol–water partition coefficient (Wildman–Crippen LogP) is 3.05. The quantitative estimate of drug-likeness (QED) is 0.750. The van der Waals surface area contributed by atoms with Gasteiger partial charge in [-0.2, -0.15) is 0 Å². The summed E-state index contributed by atoms with van der Waals surface area (Å²) in [5, 5.41) is 2.79. The first-order valence-corrected chi connectivity index (χ1v) is 8.19. The van der Waals surface area contributed by atoms with Gasteiger partial charge in [0.25, 0.3) is 0 Å². The van der Waals surface area contributed by atoms with Crippen molar-refractivity contribution in [2.24, 2.45) is 0 Å². The highest BCUT2D eigenvalue weighted by molar-refractivity contribution is 5.76. The van der Waals surface area contributed by atoms with Gasteiger partial charge in [-0.3, -0.25) is 9.59 Å². The summed E-state index contributed by atoms with van der Waals surface area (Å²) in [6.07, 6.45) is 0.751. The second-order valence-corrected chi connectivity index (χ2v) is 5.69. The van der Waals surface area contributed by atoms with Crippen molar-refractivity contribution in [3.05, 3.63) is 65.7 Å². The van der Waals surface area contributed by atoms with Gasteiger partial charge in [-0.1, -0.05) is 42.5 Å². The number of hydrogen-bond donors (Lipinski definition) is 1. The molecule has 0 aromatic heterocycles. The highest BCUT2D eigenvalue weighted by atomic mass is 16.5. The van der Waals surface area contributed by atoms with Gasteiger partial charge in [-0.05, 0) is 23.3 Å². The van der Waals surface area contributed by atoms with Crippen LogP contribution in [0.5, 0.6) is 5.75 Å². The van der Waals surface area contributed by atoms with E-state index in [1.807, 2.05) is 42.5 Å². The van der Waals surface area contributed by atoms with Crippen molar-refractivity contribution in [3.8, 4) is 5.75 Å². The Kier molecular flexibility index (Phi) is 7.01. The van der Waals surface area contributed by atoms with Crippen molar-refractivity contribution < 1.29 is 19.1 Å². The summed E-state index contributed by atoms with van der Waals surface area (Å²) < 4.78 is 10.4. The largest absolute Gasteiger partial charge is 0.497 e. The van der Waals surface area contributed by atoms with Gasteiger partial charge in [0.15, 0.2) is 0 Å². The zero-order valence-corrected chi connectivity index (χ0v) is 14.5. The lowest BCUT2D eigenvalue weighted by Crippen LogP contribution is -2.28. The van der Waals surface area contributed by atoms with Crippen molar-refractivity contribution in [1.82, 2.24) is 5.32 Å². The first kappa shape index (κ1) is 18.5. The molecule has 5 heteroatoms. The maximum absolute atomic E-state index is 12.1. The van der Waals surface area contributed by atoms with Crippen LogP contribution in [0, 0.1) is 0 Å². The Balaban J connectivity index is 1.91. The molecule has 0 spiro atoms. The van der Waals surface area contributed by atoms with Crippen LogP contribution in [0.15, 0.2) is 54.6 Å². The Morgan fingerprint density at radius 3 is 2.32 bits per heavy atom. The number of esters is 1. The second kappa shape index (κ2) is 9.47. The fraction of sp³-hybridized carbons (Fsp3) is 0.300. The molecule has 1 atom stereocenters. The first-order valence-electron chi connectivity index (χ1n) is 8.19. The molecule has 0 saturated heterocycles. The third-order valence-corrected chi connectivity index (χ3v) is 3.76. The Hall–Kier alpha value is -2.82. The lowest BCUT2D eigenvalue weighted by molar-refractivity contribution is -0.144. The monoisotopic (exact) mass is 341 g/mol. The smallest absolute Gasteiger partial charge is 0.308 e. The van der Waals surface area contributed by atoms with Crippen LogP contribution in [0.25, 0.3) is 0 Å². The van der Waals surface area contributed by atoms with E-state index in [0.717, 1.165) is 16.9 Å². The molecule has 5 nitrogen and oxygen atoms in total. The van der Waals surface area contributed by atoms with Crippen molar-refractivity contribution in [1.29, 1.82) is 0 Å². The molecule has 2 rings (SSSR count). The summed E-state index contributed by atoms with van der Waals surface area (Å²) in [4.78, 5) is 23.6. The van der Waals surface area contributed by atoms with Crippen LogP contribution < -0.4 is 10.1 Å². The molecule has 0 aliphatic heterocycles. The number of methoxy groups -OCH3 is 1. The first-order chi connectivity index (χ1) is 12.1. The molecule has 0 aliphatic carbocycles. The fourth-order valence-electron chi connectivity index (χ4n) is 2.49. The summed E-state index contributed by atoms with van der Waals surface area (Å²) in [6, 6.07) is 16.7. The molecule has 132 valence electrons. The number of nitrogens with one attached hydrogen (secondary N) is 1. The molecule has 0 heterocycles. The Bertz CT molecular complexity index is 683. The van der Waals surface area contributed by atoms with Crippen LogP contribution in [0.3, 0.4) is 0 Å². The van der Waals surface area contributed by atoms with E-state index in [2.05, 4.69) is 5.32 Å². The predicted molar refractivity (Wildman–Crippen MR) is 95.3 cm³/mol. The number of amides is 1.